The maximum absolute atomic E-state index is 13.3. The number of hydrogen-bond acceptors (Lipinski definition) is 7. The topological polar surface area (TPSA) is 111 Å². The van der Waals surface area contributed by atoms with Gasteiger partial charge >= 0.3 is 11.8 Å². The van der Waals surface area contributed by atoms with Crippen molar-refractivity contribution in [2.45, 2.75) is 30.1 Å². The molecule has 122 valence electrons. The number of aliphatic hydroxyl groups excluding tert-OH is 1. The number of H-pyrrole nitrogens is 1. The van der Waals surface area contributed by atoms with Crippen molar-refractivity contribution in [3.8, 4) is 0 Å². The Bertz CT molecular complexity index is 660. The molecule has 1 aromatic rings. The second kappa shape index (κ2) is 6.97. The largest absolute Gasteiger partial charge is 0.508 e. The fourth-order valence-electron chi connectivity index (χ4n) is 2.11. The number of nitrogens with one attached hydrogen (secondary N) is 1. The van der Waals surface area contributed by atoms with Gasteiger partial charge in [0.25, 0.3) is 5.56 Å². The van der Waals surface area contributed by atoms with Crippen molar-refractivity contribution in [1.82, 2.24) is 9.55 Å². The van der Waals surface area contributed by atoms with Gasteiger partial charge in [0.15, 0.2) is 0 Å². The maximum Gasteiger partial charge on any atom is 0.508 e. The van der Waals surface area contributed by atoms with Crippen LogP contribution in [0.3, 0.4) is 0 Å². The van der Waals surface area contributed by atoms with E-state index in [2.05, 4.69) is 4.74 Å². The van der Waals surface area contributed by atoms with Crippen LogP contribution < -0.4 is 11.2 Å². The van der Waals surface area contributed by atoms with Crippen molar-refractivity contribution < 1.29 is 23.8 Å². The van der Waals surface area contributed by atoms with Crippen molar-refractivity contribution in [3.63, 3.8) is 0 Å². The Hall–Kier alpha value is -1.81. The van der Waals surface area contributed by atoms with E-state index < -0.39 is 39.9 Å². The third-order valence-electron chi connectivity index (χ3n) is 3.10. The first-order chi connectivity index (χ1) is 10.5. The zero-order valence-corrected chi connectivity index (χ0v) is 12.5. The molecule has 1 fully saturated rings. The zero-order chi connectivity index (χ0) is 16.3. The monoisotopic (exact) mass is 334 g/mol. The van der Waals surface area contributed by atoms with Crippen LogP contribution >= 0.6 is 11.8 Å². The summed E-state index contributed by atoms with van der Waals surface area (Å²) in [5.41, 5.74) is -1.86. The normalized spacial score (nSPS) is 24.2. The molecule has 22 heavy (non-hydrogen) atoms. The molecule has 0 unspecified atom stereocenters. The van der Waals surface area contributed by atoms with E-state index in [1.807, 2.05) is 4.98 Å². The second-order valence-electron chi connectivity index (χ2n) is 4.53. The Kier molecular flexibility index (Phi) is 5.24. The predicted molar refractivity (Wildman–Crippen MR) is 75.3 cm³/mol. The summed E-state index contributed by atoms with van der Waals surface area (Å²) >= 11 is 1.15. The SMILES string of the molecule is CCOC(=O)O[C@H]1C[C@H](n2cc(F)c(=O)[nH]c2=O)S[C@@H]1CO. The van der Waals surface area contributed by atoms with Crippen LogP contribution in [0.15, 0.2) is 15.8 Å². The van der Waals surface area contributed by atoms with E-state index in [-0.39, 0.29) is 19.6 Å². The fourth-order valence-corrected chi connectivity index (χ4v) is 3.53. The van der Waals surface area contributed by atoms with Gasteiger partial charge in [0, 0.05) is 6.42 Å². The number of ether oxygens (including phenoxy) is 2. The van der Waals surface area contributed by atoms with Gasteiger partial charge in [-0.25, -0.2) is 9.59 Å². The summed E-state index contributed by atoms with van der Waals surface area (Å²) in [4.78, 5) is 36.0. The van der Waals surface area contributed by atoms with Crippen LogP contribution in [0.1, 0.15) is 18.7 Å². The predicted octanol–water partition coefficient (Wildman–Crippen LogP) is 0.214. The minimum atomic E-state index is -1.10. The van der Waals surface area contributed by atoms with Gasteiger partial charge in [-0.3, -0.25) is 14.3 Å². The molecule has 0 aliphatic carbocycles. The number of carbonyl (C=O) groups is 1. The van der Waals surface area contributed by atoms with Gasteiger partial charge in [-0.05, 0) is 6.92 Å². The molecule has 0 radical (unpaired) electrons. The summed E-state index contributed by atoms with van der Waals surface area (Å²) in [6.45, 7) is 1.49. The molecular formula is C12H15FN2O6S. The van der Waals surface area contributed by atoms with Gasteiger partial charge in [0.1, 0.15) is 6.10 Å². The summed E-state index contributed by atoms with van der Waals surface area (Å²) in [7, 11) is 0. The van der Waals surface area contributed by atoms with E-state index in [1.54, 1.807) is 6.92 Å². The van der Waals surface area contributed by atoms with Crippen LogP contribution in [-0.2, 0) is 9.47 Å². The molecule has 2 heterocycles. The number of halogens is 1. The molecule has 0 spiro atoms. The number of aromatic nitrogens is 2. The quantitative estimate of drug-likeness (QED) is 0.757. The van der Waals surface area contributed by atoms with Crippen LogP contribution in [0, 0.1) is 5.82 Å². The average Bonchev–Trinajstić information content (AvgIpc) is 2.85. The molecule has 0 amide bonds. The highest BCUT2D eigenvalue weighted by atomic mass is 32.2. The molecule has 10 heteroatoms. The summed E-state index contributed by atoms with van der Waals surface area (Å²) in [5, 5.41) is 8.29. The van der Waals surface area contributed by atoms with E-state index in [4.69, 9.17) is 4.74 Å². The van der Waals surface area contributed by atoms with Gasteiger partial charge in [0.2, 0.25) is 5.82 Å². The summed E-state index contributed by atoms with van der Waals surface area (Å²) in [5.74, 6) is -1.09. The molecule has 2 N–H and O–H groups in total. The highest BCUT2D eigenvalue weighted by Crippen LogP contribution is 2.42. The van der Waals surface area contributed by atoms with Crippen molar-refractivity contribution in [1.29, 1.82) is 0 Å². The van der Waals surface area contributed by atoms with Gasteiger partial charge in [-0.1, -0.05) is 0 Å². The van der Waals surface area contributed by atoms with Crippen LogP contribution in [0.4, 0.5) is 9.18 Å². The first-order valence-corrected chi connectivity index (χ1v) is 7.51. The zero-order valence-electron chi connectivity index (χ0n) is 11.7. The Morgan fingerprint density at radius 1 is 1.59 bits per heavy atom. The third kappa shape index (κ3) is 3.50. The minimum absolute atomic E-state index is 0.149. The molecule has 0 aromatic carbocycles. The summed E-state index contributed by atoms with van der Waals surface area (Å²) < 4.78 is 24.1. The Balaban J connectivity index is 2.18. The number of hydrogen-bond donors (Lipinski definition) is 2. The second-order valence-corrected chi connectivity index (χ2v) is 5.95. The molecule has 1 saturated heterocycles. The molecule has 0 saturated carbocycles. The van der Waals surface area contributed by atoms with Crippen molar-refractivity contribution in [2.24, 2.45) is 0 Å². The van der Waals surface area contributed by atoms with E-state index >= 15 is 0 Å². The highest BCUT2D eigenvalue weighted by molar-refractivity contribution is 8.00. The number of aromatic amines is 1. The summed E-state index contributed by atoms with van der Waals surface area (Å²) in [6.07, 6.45) is -0.562. The number of nitrogens with zero attached hydrogens (tertiary/aromatic N) is 1. The molecule has 1 aliphatic heterocycles. The Morgan fingerprint density at radius 3 is 2.95 bits per heavy atom. The van der Waals surface area contributed by atoms with E-state index in [1.165, 1.54) is 0 Å². The molecular weight excluding hydrogens is 319 g/mol. The maximum atomic E-state index is 13.3. The molecule has 0 bridgehead atoms. The molecule has 1 aromatic heterocycles. The molecule has 8 nitrogen and oxygen atoms in total. The van der Waals surface area contributed by atoms with Crippen LogP contribution in [0.2, 0.25) is 0 Å². The van der Waals surface area contributed by atoms with Crippen molar-refractivity contribution in [3.05, 3.63) is 32.9 Å². The van der Waals surface area contributed by atoms with Gasteiger partial charge in [0.05, 0.1) is 30.0 Å². The van der Waals surface area contributed by atoms with Crippen LogP contribution in [-0.4, -0.2) is 45.4 Å². The van der Waals surface area contributed by atoms with Crippen LogP contribution in [0.25, 0.3) is 0 Å². The molecule has 1 aliphatic rings. The Morgan fingerprint density at radius 2 is 2.32 bits per heavy atom. The lowest BCUT2D eigenvalue weighted by Gasteiger charge is -2.16. The van der Waals surface area contributed by atoms with E-state index in [0.29, 0.717) is 0 Å². The van der Waals surface area contributed by atoms with E-state index in [9.17, 15) is 23.9 Å². The smallest absolute Gasteiger partial charge is 0.435 e. The number of thioether (sulfide) groups is 1. The highest BCUT2D eigenvalue weighted by Gasteiger charge is 2.39. The molecule has 3 atom stereocenters. The van der Waals surface area contributed by atoms with Gasteiger partial charge in [-0.2, -0.15) is 4.39 Å². The van der Waals surface area contributed by atoms with E-state index in [0.717, 1.165) is 22.5 Å². The minimum Gasteiger partial charge on any atom is -0.435 e. The first kappa shape index (κ1) is 16.6. The third-order valence-corrected chi connectivity index (χ3v) is 4.64. The van der Waals surface area contributed by atoms with Crippen molar-refractivity contribution in [2.75, 3.05) is 13.2 Å². The van der Waals surface area contributed by atoms with Gasteiger partial charge < -0.3 is 14.6 Å². The van der Waals surface area contributed by atoms with Crippen LogP contribution in [0.5, 0.6) is 0 Å². The molecule has 2 rings (SSSR count). The fraction of sp³-hybridized carbons (Fsp3) is 0.583. The number of rotatable bonds is 4. The number of aliphatic hydroxyl groups is 1. The average molecular weight is 334 g/mol. The lowest BCUT2D eigenvalue weighted by Crippen LogP contribution is -2.33. The summed E-state index contributed by atoms with van der Waals surface area (Å²) in [6, 6.07) is 0. The lowest BCUT2D eigenvalue weighted by molar-refractivity contribution is 0.0197. The van der Waals surface area contributed by atoms with Gasteiger partial charge in [-0.15, -0.1) is 11.8 Å². The van der Waals surface area contributed by atoms with Crippen molar-refractivity contribution >= 4 is 17.9 Å². The lowest BCUT2D eigenvalue weighted by atomic mass is 10.2. The standard InChI is InChI=1S/C12H15FN2O6S/c1-2-20-12(19)21-7-3-9(22-8(7)5-16)15-4-6(13)10(17)14-11(15)18/h4,7-9,16H,2-3,5H2,1H3,(H,14,17,18)/t7-,8+,9+/m0/s1. The Labute approximate surface area is 128 Å². The first-order valence-electron chi connectivity index (χ1n) is 6.57. The number of carbonyl (C=O) groups excluding carboxylic acids is 1.